The molecule has 0 bridgehead atoms. The fraction of sp³-hybridized carbons (Fsp3) is 0.500. The zero-order valence-electron chi connectivity index (χ0n) is 6.69. The summed E-state index contributed by atoms with van der Waals surface area (Å²) in [4.78, 5) is 14.9. The Morgan fingerprint density at radius 2 is 2.54 bits per heavy atom. The second kappa shape index (κ2) is 3.25. The number of anilines is 1. The van der Waals surface area contributed by atoms with Crippen LogP contribution >= 0.6 is 11.8 Å². The molecule has 1 fully saturated rings. The van der Waals surface area contributed by atoms with E-state index in [0.717, 1.165) is 0 Å². The highest BCUT2D eigenvalue weighted by molar-refractivity contribution is 8.00. The Labute approximate surface area is 78.2 Å². The van der Waals surface area contributed by atoms with Gasteiger partial charge >= 0.3 is 5.97 Å². The number of nitrogens with one attached hydrogen (secondary N) is 1. The van der Waals surface area contributed by atoms with Crippen LogP contribution in [-0.2, 0) is 9.53 Å². The quantitative estimate of drug-likeness (QED) is 0.642. The molecule has 0 unspecified atom stereocenters. The summed E-state index contributed by atoms with van der Waals surface area (Å²) in [6.07, 6.45) is 0.706. The van der Waals surface area contributed by atoms with E-state index in [1.165, 1.54) is 11.8 Å². The van der Waals surface area contributed by atoms with Gasteiger partial charge in [-0.25, -0.2) is 5.10 Å². The van der Waals surface area contributed by atoms with E-state index in [1.807, 2.05) is 0 Å². The number of aromatic nitrogens is 3. The number of nitrogens with zero attached hydrogens (tertiary/aromatic N) is 2. The molecule has 0 aromatic carbocycles. The van der Waals surface area contributed by atoms with Crippen molar-refractivity contribution in [2.75, 3.05) is 12.3 Å². The SMILES string of the molecule is Nc1nc(S[C@H]2CCOC2=O)n[nH]1. The van der Waals surface area contributed by atoms with Gasteiger partial charge in [0.1, 0.15) is 5.25 Å². The zero-order chi connectivity index (χ0) is 9.26. The minimum absolute atomic E-state index is 0.185. The van der Waals surface area contributed by atoms with Gasteiger partial charge in [-0.1, -0.05) is 11.8 Å². The van der Waals surface area contributed by atoms with E-state index in [0.29, 0.717) is 18.2 Å². The molecule has 0 spiro atoms. The molecule has 1 atom stereocenters. The Morgan fingerprint density at radius 3 is 3.08 bits per heavy atom. The van der Waals surface area contributed by atoms with Gasteiger partial charge in [-0.3, -0.25) is 4.79 Å². The monoisotopic (exact) mass is 200 g/mol. The van der Waals surface area contributed by atoms with E-state index in [2.05, 4.69) is 15.2 Å². The fourth-order valence-corrected chi connectivity index (χ4v) is 1.90. The molecule has 1 aliphatic heterocycles. The number of nitrogens with two attached hydrogens (primary N) is 1. The number of ether oxygens (including phenoxy) is 1. The maximum atomic E-state index is 11.0. The maximum absolute atomic E-state index is 11.0. The molecular weight excluding hydrogens is 192 g/mol. The average molecular weight is 200 g/mol. The van der Waals surface area contributed by atoms with E-state index in [-0.39, 0.29) is 17.2 Å². The Balaban J connectivity index is 2.01. The smallest absolute Gasteiger partial charge is 0.319 e. The molecule has 13 heavy (non-hydrogen) atoms. The molecule has 1 aliphatic rings. The molecule has 1 aromatic rings. The van der Waals surface area contributed by atoms with Crippen LogP contribution in [0, 0.1) is 0 Å². The number of hydrogen-bond donors (Lipinski definition) is 2. The van der Waals surface area contributed by atoms with Gasteiger partial charge in [0.25, 0.3) is 0 Å². The van der Waals surface area contributed by atoms with Gasteiger partial charge in [0.2, 0.25) is 11.1 Å². The van der Waals surface area contributed by atoms with E-state index in [4.69, 9.17) is 10.5 Å². The van der Waals surface area contributed by atoms with Gasteiger partial charge in [-0.2, -0.15) is 4.98 Å². The lowest BCUT2D eigenvalue weighted by Crippen LogP contribution is -2.09. The lowest BCUT2D eigenvalue weighted by Gasteiger charge is -1.98. The van der Waals surface area contributed by atoms with Gasteiger partial charge in [0.15, 0.2) is 0 Å². The van der Waals surface area contributed by atoms with Crippen LogP contribution in [0.3, 0.4) is 0 Å². The van der Waals surface area contributed by atoms with Gasteiger partial charge in [-0.05, 0) is 0 Å². The van der Waals surface area contributed by atoms with E-state index < -0.39 is 0 Å². The number of hydrogen-bond acceptors (Lipinski definition) is 6. The summed E-state index contributed by atoms with van der Waals surface area (Å²) in [5.74, 6) is 0.0576. The van der Waals surface area contributed by atoms with Crippen LogP contribution in [0.5, 0.6) is 0 Å². The van der Waals surface area contributed by atoms with Gasteiger partial charge in [-0.15, -0.1) is 5.10 Å². The van der Waals surface area contributed by atoms with Crippen molar-refractivity contribution >= 4 is 23.7 Å². The summed E-state index contributed by atoms with van der Waals surface area (Å²) in [7, 11) is 0. The minimum atomic E-state index is -0.201. The molecule has 0 amide bonds. The molecule has 1 aromatic heterocycles. The van der Waals surface area contributed by atoms with Crippen molar-refractivity contribution in [3.63, 3.8) is 0 Å². The molecule has 3 N–H and O–H groups in total. The minimum Gasteiger partial charge on any atom is -0.465 e. The fourth-order valence-electron chi connectivity index (χ4n) is 1.02. The van der Waals surface area contributed by atoms with Gasteiger partial charge in [0, 0.05) is 6.42 Å². The van der Waals surface area contributed by atoms with E-state index in [1.54, 1.807) is 0 Å². The summed E-state index contributed by atoms with van der Waals surface area (Å²) in [6.45, 7) is 0.483. The second-order valence-electron chi connectivity index (χ2n) is 2.57. The largest absolute Gasteiger partial charge is 0.465 e. The molecule has 2 rings (SSSR count). The third-order valence-corrected chi connectivity index (χ3v) is 2.72. The first-order chi connectivity index (χ1) is 6.25. The Bertz CT molecular complexity index is 326. The van der Waals surface area contributed by atoms with Crippen molar-refractivity contribution in [1.82, 2.24) is 15.2 Å². The Hall–Kier alpha value is -1.24. The van der Waals surface area contributed by atoms with Crippen molar-refractivity contribution in [2.24, 2.45) is 0 Å². The Morgan fingerprint density at radius 1 is 1.69 bits per heavy atom. The van der Waals surface area contributed by atoms with Gasteiger partial charge in [0.05, 0.1) is 6.61 Å². The summed E-state index contributed by atoms with van der Waals surface area (Å²) >= 11 is 1.27. The molecule has 6 nitrogen and oxygen atoms in total. The number of aromatic amines is 1. The molecule has 0 aliphatic carbocycles. The molecule has 0 radical (unpaired) electrons. The molecular formula is C6H8N4O2S. The Kier molecular flexibility index (Phi) is 2.09. The zero-order valence-corrected chi connectivity index (χ0v) is 7.50. The predicted octanol–water partition coefficient (Wildman–Crippen LogP) is -0.206. The highest BCUT2D eigenvalue weighted by atomic mass is 32.2. The number of esters is 1. The summed E-state index contributed by atoms with van der Waals surface area (Å²) in [5, 5.41) is 6.61. The van der Waals surface area contributed by atoms with Gasteiger partial charge < -0.3 is 10.5 Å². The number of nitrogen functional groups attached to an aromatic ring is 1. The third kappa shape index (κ3) is 1.74. The summed E-state index contributed by atoms with van der Waals surface area (Å²) in [5.41, 5.74) is 5.33. The summed E-state index contributed by atoms with van der Waals surface area (Å²) < 4.78 is 4.79. The van der Waals surface area contributed by atoms with Crippen molar-refractivity contribution in [3.8, 4) is 0 Å². The van der Waals surface area contributed by atoms with Crippen molar-refractivity contribution in [2.45, 2.75) is 16.8 Å². The van der Waals surface area contributed by atoms with E-state index >= 15 is 0 Å². The molecule has 1 saturated heterocycles. The number of carbonyl (C=O) groups excluding carboxylic acids is 1. The number of thioether (sulfide) groups is 1. The number of rotatable bonds is 2. The first kappa shape index (κ1) is 8.36. The maximum Gasteiger partial charge on any atom is 0.319 e. The van der Waals surface area contributed by atoms with Crippen molar-refractivity contribution in [3.05, 3.63) is 0 Å². The van der Waals surface area contributed by atoms with Crippen LogP contribution in [0.4, 0.5) is 5.95 Å². The second-order valence-corrected chi connectivity index (χ2v) is 3.74. The third-order valence-electron chi connectivity index (χ3n) is 1.62. The van der Waals surface area contributed by atoms with Crippen LogP contribution in [0.1, 0.15) is 6.42 Å². The summed E-state index contributed by atoms with van der Waals surface area (Å²) in [6, 6.07) is 0. The van der Waals surface area contributed by atoms with Crippen LogP contribution in [0.25, 0.3) is 0 Å². The number of cyclic esters (lactones) is 1. The molecule has 0 saturated carbocycles. The van der Waals surface area contributed by atoms with Crippen molar-refractivity contribution < 1.29 is 9.53 Å². The molecule has 70 valence electrons. The van der Waals surface area contributed by atoms with E-state index in [9.17, 15) is 4.79 Å². The lowest BCUT2D eigenvalue weighted by molar-refractivity contribution is -0.137. The number of carbonyl (C=O) groups is 1. The average Bonchev–Trinajstić information content (AvgIpc) is 2.64. The molecule has 2 heterocycles. The molecule has 7 heteroatoms. The predicted molar refractivity (Wildman–Crippen MR) is 46.0 cm³/mol. The number of H-pyrrole nitrogens is 1. The van der Waals surface area contributed by atoms with Crippen LogP contribution < -0.4 is 5.73 Å². The topological polar surface area (TPSA) is 93.9 Å². The lowest BCUT2D eigenvalue weighted by atomic mass is 10.4. The first-order valence-corrected chi connectivity index (χ1v) is 4.65. The standard InChI is InChI=1S/C6H8N4O2S/c7-5-8-6(10-9-5)13-3-1-2-12-4(3)11/h3H,1-2H2,(H3,7,8,9,10)/t3-/m0/s1. The van der Waals surface area contributed by atoms with Crippen LogP contribution in [0.15, 0.2) is 5.16 Å². The van der Waals surface area contributed by atoms with Crippen molar-refractivity contribution in [1.29, 1.82) is 0 Å². The normalized spacial score (nSPS) is 21.8. The van der Waals surface area contributed by atoms with Crippen LogP contribution in [0.2, 0.25) is 0 Å². The van der Waals surface area contributed by atoms with Crippen LogP contribution in [-0.4, -0.2) is 33.0 Å². The highest BCUT2D eigenvalue weighted by Gasteiger charge is 2.28. The highest BCUT2D eigenvalue weighted by Crippen LogP contribution is 2.26. The first-order valence-electron chi connectivity index (χ1n) is 3.77.